The van der Waals surface area contributed by atoms with Crippen molar-refractivity contribution in [1.29, 1.82) is 0 Å². The summed E-state index contributed by atoms with van der Waals surface area (Å²) in [5.41, 5.74) is -2.12. The van der Waals surface area contributed by atoms with Crippen molar-refractivity contribution < 1.29 is 31.0 Å². The zero-order valence-electron chi connectivity index (χ0n) is 18.5. The highest BCUT2D eigenvalue weighted by molar-refractivity contribution is 7.93. The first-order chi connectivity index (χ1) is 16.8. The molecule has 4 rings (SSSR count). The second-order valence-corrected chi connectivity index (χ2v) is 11.3. The van der Waals surface area contributed by atoms with E-state index in [-0.39, 0.29) is 27.9 Å². The second kappa shape index (κ2) is 9.64. The Hall–Kier alpha value is -2.69. The minimum atomic E-state index is -4.82. The van der Waals surface area contributed by atoms with Crippen LogP contribution in [0.5, 0.6) is 0 Å². The van der Waals surface area contributed by atoms with Gasteiger partial charge in [-0.3, -0.25) is 0 Å². The van der Waals surface area contributed by atoms with Gasteiger partial charge in [0.05, 0.1) is 22.0 Å². The van der Waals surface area contributed by atoms with Crippen molar-refractivity contribution in [2.24, 2.45) is 9.52 Å². The molecule has 3 aromatic rings. The summed E-state index contributed by atoms with van der Waals surface area (Å²) >= 11 is 11.8. The first-order valence-electron chi connectivity index (χ1n) is 10.3. The van der Waals surface area contributed by atoms with Gasteiger partial charge in [-0.2, -0.15) is 13.2 Å². The Morgan fingerprint density at radius 1 is 1.03 bits per heavy atom. The lowest BCUT2D eigenvalue weighted by Crippen LogP contribution is -2.42. The molecule has 190 valence electrons. The normalized spacial score (nSPS) is 19.4. The highest BCUT2D eigenvalue weighted by atomic mass is 35.5. The highest BCUT2D eigenvalue weighted by Gasteiger charge is 2.62. The molecule has 0 saturated heterocycles. The Balaban J connectivity index is 1.57. The average Bonchev–Trinajstić information content (AvgIpc) is 3.24. The summed E-state index contributed by atoms with van der Waals surface area (Å²) in [5.74, 6) is -1.93. The van der Waals surface area contributed by atoms with E-state index in [2.05, 4.69) is 9.52 Å². The fourth-order valence-corrected chi connectivity index (χ4v) is 5.66. The number of hydrogen-bond donors (Lipinski definition) is 0. The van der Waals surface area contributed by atoms with Crippen molar-refractivity contribution in [3.8, 4) is 0 Å². The molecule has 0 radical (unpaired) electrons. The monoisotopic (exact) mass is 562 g/mol. The van der Waals surface area contributed by atoms with Crippen LogP contribution in [0, 0.1) is 11.6 Å². The van der Waals surface area contributed by atoms with Gasteiger partial charge in [0.2, 0.25) is 0 Å². The maximum Gasteiger partial charge on any atom is 0.435 e. The second-order valence-electron chi connectivity index (χ2n) is 8.13. The van der Waals surface area contributed by atoms with Crippen LogP contribution >= 0.6 is 23.2 Å². The first-order valence-corrected chi connectivity index (χ1v) is 13.0. The van der Waals surface area contributed by atoms with Crippen molar-refractivity contribution >= 4 is 38.6 Å². The van der Waals surface area contributed by atoms with E-state index < -0.39 is 44.5 Å². The van der Waals surface area contributed by atoms with Crippen LogP contribution in [0.25, 0.3) is 0 Å². The van der Waals surface area contributed by atoms with E-state index in [0.29, 0.717) is 11.1 Å². The maximum absolute atomic E-state index is 14.1. The number of alkyl halides is 3. The number of halogens is 7. The van der Waals surface area contributed by atoms with Gasteiger partial charge in [0, 0.05) is 28.3 Å². The molecule has 3 aromatic carbocycles. The Labute approximate surface area is 213 Å². The molecule has 2 unspecified atom stereocenters. The van der Waals surface area contributed by atoms with Crippen molar-refractivity contribution in [3.63, 3.8) is 0 Å². The Bertz CT molecular complexity index is 1430. The quantitative estimate of drug-likeness (QED) is 0.302. The molecular formula is C24H17Cl2F5N2O2S. The minimum Gasteiger partial charge on any atom is -0.374 e. The van der Waals surface area contributed by atoms with Gasteiger partial charge in [0.1, 0.15) is 16.5 Å². The van der Waals surface area contributed by atoms with Crippen LogP contribution in [0.4, 0.5) is 22.0 Å². The molecule has 1 aliphatic heterocycles. The van der Waals surface area contributed by atoms with Crippen LogP contribution in [-0.2, 0) is 26.7 Å². The molecule has 0 saturated carbocycles. The van der Waals surface area contributed by atoms with E-state index in [4.69, 9.17) is 28.0 Å². The molecule has 4 nitrogen and oxygen atoms in total. The van der Waals surface area contributed by atoms with Gasteiger partial charge in [0.25, 0.3) is 5.60 Å². The fraction of sp³-hybridized carbons (Fsp3) is 0.208. The summed E-state index contributed by atoms with van der Waals surface area (Å²) in [6.45, 7) is -0.139. The van der Waals surface area contributed by atoms with E-state index in [9.17, 15) is 26.2 Å². The summed E-state index contributed by atoms with van der Waals surface area (Å²) in [4.78, 5) is 4.37. The van der Waals surface area contributed by atoms with Gasteiger partial charge >= 0.3 is 6.18 Å². The molecular weight excluding hydrogens is 546 g/mol. The minimum absolute atomic E-state index is 0.0223. The predicted molar refractivity (Wildman–Crippen MR) is 128 cm³/mol. The number of hydrogen-bond acceptors (Lipinski definition) is 4. The van der Waals surface area contributed by atoms with Crippen molar-refractivity contribution in [2.45, 2.75) is 29.6 Å². The van der Waals surface area contributed by atoms with Crippen molar-refractivity contribution in [3.05, 3.63) is 99.0 Å². The van der Waals surface area contributed by atoms with Gasteiger partial charge in [-0.25, -0.2) is 17.4 Å². The summed E-state index contributed by atoms with van der Waals surface area (Å²) in [6.07, 6.45) is -4.31. The zero-order chi connectivity index (χ0) is 26.3. The molecule has 0 N–H and O–H groups in total. The molecule has 0 aromatic heterocycles. The molecule has 0 aliphatic carbocycles. The molecule has 36 heavy (non-hydrogen) atoms. The van der Waals surface area contributed by atoms with Gasteiger partial charge < -0.3 is 4.84 Å². The number of benzene rings is 3. The molecule has 0 amide bonds. The molecule has 1 aliphatic rings. The zero-order valence-corrected chi connectivity index (χ0v) is 20.8. The van der Waals surface area contributed by atoms with Gasteiger partial charge in [-0.1, -0.05) is 58.7 Å². The van der Waals surface area contributed by atoms with Crippen LogP contribution in [0.1, 0.15) is 23.1 Å². The summed E-state index contributed by atoms with van der Waals surface area (Å²) in [6, 6.07) is 12.8. The first kappa shape index (κ1) is 26.4. The van der Waals surface area contributed by atoms with E-state index >= 15 is 0 Å². The van der Waals surface area contributed by atoms with Gasteiger partial charge in [0.15, 0.2) is 0 Å². The third-order valence-electron chi connectivity index (χ3n) is 5.59. The van der Waals surface area contributed by atoms with E-state index in [0.717, 1.165) is 36.6 Å². The van der Waals surface area contributed by atoms with E-state index in [1.807, 2.05) is 0 Å². The Kier molecular flexibility index (Phi) is 7.07. The van der Waals surface area contributed by atoms with Crippen molar-refractivity contribution in [2.75, 3.05) is 6.26 Å². The van der Waals surface area contributed by atoms with Crippen LogP contribution in [0.15, 0.2) is 75.1 Å². The van der Waals surface area contributed by atoms with Gasteiger partial charge in [-0.05, 0) is 41.5 Å². The molecule has 0 fully saturated rings. The number of rotatable bonds is 5. The summed E-state index contributed by atoms with van der Waals surface area (Å²) in [5, 5.41) is 3.74. The molecule has 2 atom stereocenters. The van der Waals surface area contributed by atoms with Crippen LogP contribution in [-0.4, -0.2) is 22.4 Å². The highest BCUT2D eigenvalue weighted by Crippen LogP contribution is 2.49. The summed E-state index contributed by atoms with van der Waals surface area (Å²) < 4.78 is 87.3. The van der Waals surface area contributed by atoms with Crippen molar-refractivity contribution in [1.82, 2.24) is 0 Å². The largest absolute Gasteiger partial charge is 0.435 e. The maximum atomic E-state index is 14.1. The fourth-order valence-electron chi connectivity index (χ4n) is 3.75. The molecule has 0 bridgehead atoms. The smallest absolute Gasteiger partial charge is 0.374 e. The third-order valence-corrected chi connectivity index (χ3v) is 7.80. The van der Waals surface area contributed by atoms with Crippen LogP contribution in [0.2, 0.25) is 10.0 Å². The van der Waals surface area contributed by atoms with E-state index in [1.54, 1.807) is 12.1 Å². The Morgan fingerprint density at radius 2 is 1.61 bits per heavy atom. The third kappa shape index (κ3) is 5.07. The molecule has 12 heteroatoms. The van der Waals surface area contributed by atoms with Crippen LogP contribution in [0.3, 0.4) is 0 Å². The number of nitrogens with zero attached hydrogens (tertiary/aromatic N) is 2. The standard InChI is InChI=1S/C24H17Cl2F5N2O2S/c1-36(34,22-19(27)3-2-4-20(22)28)32-13-14-5-7-15(8-6-14)21-12-23(35-33-21,24(29,30)31)16-9-17(25)11-18(26)10-16/h2-11H,12-13H2,1H3. The van der Waals surface area contributed by atoms with Gasteiger partial charge in [-0.15, -0.1) is 0 Å². The Morgan fingerprint density at radius 3 is 2.17 bits per heavy atom. The van der Waals surface area contributed by atoms with Crippen LogP contribution < -0.4 is 0 Å². The molecule has 1 heterocycles. The lowest BCUT2D eigenvalue weighted by Gasteiger charge is -2.29. The lowest BCUT2D eigenvalue weighted by atomic mass is 9.86. The predicted octanol–water partition coefficient (Wildman–Crippen LogP) is 7.51. The molecule has 0 spiro atoms. The summed E-state index contributed by atoms with van der Waals surface area (Å²) in [7, 11) is -3.38. The average molecular weight is 563 g/mol. The lowest BCUT2D eigenvalue weighted by molar-refractivity contribution is -0.275. The topological polar surface area (TPSA) is 51.0 Å². The van der Waals surface area contributed by atoms with E-state index in [1.165, 1.54) is 18.2 Å². The number of oxime groups is 1. The SMILES string of the molecule is CS(=O)(=NCc1ccc(C2=NOC(c3cc(Cl)cc(Cl)c3)(C(F)(F)F)C2)cc1)c1c(F)cccc1F.